The van der Waals surface area contributed by atoms with E-state index >= 15 is 0 Å². The zero-order valence-corrected chi connectivity index (χ0v) is 11.0. The smallest absolute Gasteiger partial charge is 0.358 e. The molecular formula is C11H7BrN4O3. The van der Waals surface area contributed by atoms with Crippen LogP contribution >= 0.6 is 15.9 Å². The standard InChI is InChI=1S/C11H7BrN4O3/c12-6-1-2-7(15-5-6)10(17)16-9-8(11(18)19)13-3-4-14-9/h1-5H,(H,18,19)(H,14,16,17). The fraction of sp³-hybridized carbons (Fsp3) is 0. The number of carbonyl (C=O) groups is 2. The molecule has 2 N–H and O–H groups in total. The predicted molar refractivity (Wildman–Crippen MR) is 68.9 cm³/mol. The number of carboxylic acids is 1. The average molecular weight is 323 g/mol. The van der Waals surface area contributed by atoms with Crippen molar-refractivity contribution < 1.29 is 14.7 Å². The molecular weight excluding hydrogens is 316 g/mol. The number of carboxylic acid groups (broad SMARTS) is 1. The van der Waals surface area contributed by atoms with Crippen molar-refractivity contribution in [3.05, 3.63) is 46.6 Å². The molecule has 0 saturated heterocycles. The van der Waals surface area contributed by atoms with Gasteiger partial charge in [0.25, 0.3) is 5.91 Å². The van der Waals surface area contributed by atoms with Gasteiger partial charge in [-0.05, 0) is 28.1 Å². The Balaban J connectivity index is 2.24. The maximum absolute atomic E-state index is 11.9. The van der Waals surface area contributed by atoms with Gasteiger partial charge in [0.2, 0.25) is 0 Å². The SMILES string of the molecule is O=C(Nc1nccnc1C(=O)O)c1ccc(Br)cn1. The molecule has 0 bridgehead atoms. The maximum Gasteiger partial charge on any atom is 0.358 e. The van der Waals surface area contributed by atoms with Crippen molar-refractivity contribution in [1.82, 2.24) is 15.0 Å². The lowest BCUT2D eigenvalue weighted by molar-refractivity contribution is 0.0691. The van der Waals surface area contributed by atoms with Gasteiger partial charge in [-0.2, -0.15) is 0 Å². The van der Waals surface area contributed by atoms with Gasteiger partial charge in [-0.25, -0.2) is 19.7 Å². The van der Waals surface area contributed by atoms with Gasteiger partial charge in [0.05, 0.1) is 0 Å². The summed E-state index contributed by atoms with van der Waals surface area (Å²) < 4.78 is 0.731. The lowest BCUT2D eigenvalue weighted by Gasteiger charge is -2.05. The molecule has 0 aromatic carbocycles. The number of hydrogen-bond donors (Lipinski definition) is 2. The van der Waals surface area contributed by atoms with Crippen LogP contribution in [-0.4, -0.2) is 31.9 Å². The fourth-order valence-corrected chi connectivity index (χ4v) is 1.50. The van der Waals surface area contributed by atoms with Crippen molar-refractivity contribution >= 4 is 33.6 Å². The molecule has 19 heavy (non-hydrogen) atoms. The molecule has 2 aromatic heterocycles. The van der Waals surface area contributed by atoms with E-state index in [0.29, 0.717) is 0 Å². The van der Waals surface area contributed by atoms with Crippen LogP contribution in [0.5, 0.6) is 0 Å². The molecule has 0 atom stereocenters. The van der Waals surface area contributed by atoms with Crippen LogP contribution in [0.2, 0.25) is 0 Å². The number of aromatic nitrogens is 3. The first-order valence-corrected chi connectivity index (χ1v) is 5.84. The second-order valence-electron chi connectivity index (χ2n) is 3.37. The van der Waals surface area contributed by atoms with Gasteiger partial charge in [0, 0.05) is 23.1 Å². The molecule has 2 aromatic rings. The minimum Gasteiger partial charge on any atom is -0.476 e. The second-order valence-corrected chi connectivity index (χ2v) is 4.29. The van der Waals surface area contributed by atoms with E-state index in [1.807, 2.05) is 0 Å². The van der Waals surface area contributed by atoms with Gasteiger partial charge in [-0.3, -0.25) is 4.79 Å². The highest BCUT2D eigenvalue weighted by atomic mass is 79.9. The summed E-state index contributed by atoms with van der Waals surface area (Å²) in [5.74, 6) is -1.95. The van der Waals surface area contributed by atoms with Gasteiger partial charge >= 0.3 is 5.97 Å². The lowest BCUT2D eigenvalue weighted by atomic mass is 10.3. The summed E-state index contributed by atoms with van der Waals surface area (Å²) >= 11 is 3.20. The Morgan fingerprint density at radius 1 is 1.16 bits per heavy atom. The van der Waals surface area contributed by atoms with E-state index in [1.165, 1.54) is 24.7 Å². The van der Waals surface area contributed by atoms with Crippen LogP contribution in [0.25, 0.3) is 0 Å². The molecule has 0 radical (unpaired) electrons. The number of nitrogens with zero attached hydrogens (tertiary/aromatic N) is 3. The Bertz CT molecular complexity index is 630. The molecule has 0 unspecified atom stereocenters. The van der Waals surface area contributed by atoms with Crippen LogP contribution in [0.15, 0.2) is 35.2 Å². The monoisotopic (exact) mass is 322 g/mol. The molecule has 2 heterocycles. The number of halogens is 1. The first-order valence-electron chi connectivity index (χ1n) is 5.05. The largest absolute Gasteiger partial charge is 0.476 e. The Kier molecular flexibility index (Phi) is 3.81. The van der Waals surface area contributed by atoms with Crippen LogP contribution in [-0.2, 0) is 0 Å². The topological polar surface area (TPSA) is 105 Å². The molecule has 7 nitrogen and oxygen atoms in total. The van der Waals surface area contributed by atoms with E-state index in [2.05, 4.69) is 36.2 Å². The molecule has 0 aliphatic rings. The summed E-state index contributed by atoms with van der Waals surface area (Å²) in [6.07, 6.45) is 3.98. The molecule has 0 aliphatic heterocycles. The number of nitrogens with one attached hydrogen (secondary N) is 1. The number of aromatic carboxylic acids is 1. The Morgan fingerprint density at radius 3 is 2.53 bits per heavy atom. The third kappa shape index (κ3) is 3.10. The molecule has 0 fully saturated rings. The highest BCUT2D eigenvalue weighted by Crippen LogP contribution is 2.11. The number of anilines is 1. The highest BCUT2D eigenvalue weighted by molar-refractivity contribution is 9.10. The van der Waals surface area contributed by atoms with Crippen LogP contribution in [0.1, 0.15) is 21.0 Å². The van der Waals surface area contributed by atoms with Crippen LogP contribution in [0, 0.1) is 0 Å². The van der Waals surface area contributed by atoms with E-state index in [1.54, 1.807) is 6.07 Å². The fourth-order valence-electron chi connectivity index (χ4n) is 1.27. The van der Waals surface area contributed by atoms with Gasteiger partial charge in [0.1, 0.15) is 5.69 Å². The molecule has 0 aliphatic carbocycles. The molecule has 1 amide bonds. The summed E-state index contributed by atoms with van der Waals surface area (Å²) in [4.78, 5) is 34.1. The second kappa shape index (κ2) is 5.53. The number of amides is 1. The molecule has 2 rings (SSSR count). The molecule has 96 valence electrons. The molecule has 0 spiro atoms. The van der Waals surface area contributed by atoms with Crippen molar-refractivity contribution in [2.45, 2.75) is 0 Å². The van der Waals surface area contributed by atoms with Crippen molar-refractivity contribution in [2.75, 3.05) is 5.32 Å². The predicted octanol–water partition coefficient (Wildman–Crippen LogP) is 1.58. The van der Waals surface area contributed by atoms with E-state index in [-0.39, 0.29) is 17.2 Å². The lowest BCUT2D eigenvalue weighted by Crippen LogP contribution is -2.18. The van der Waals surface area contributed by atoms with Gasteiger partial charge in [0.15, 0.2) is 11.5 Å². The van der Waals surface area contributed by atoms with Crippen molar-refractivity contribution in [1.29, 1.82) is 0 Å². The zero-order chi connectivity index (χ0) is 13.8. The average Bonchev–Trinajstić information content (AvgIpc) is 2.39. The Hall–Kier alpha value is -2.35. The maximum atomic E-state index is 11.9. The third-order valence-electron chi connectivity index (χ3n) is 2.09. The van der Waals surface area contributed by atoms with Crippen LogP contribution in [0.4, 0.5) is 5.82 Å². The minimum atomic E-state index is -1.27. The number of carbonyl (C=O) groups excluding carboxylic acids is 1. The molecule has 8 heteroatoms. The first kappa shape index (κ1) is 13.1. The number of pyridine rings is 1. The summed E-state index contributed by atoms with van der Waals surface area (Å²) in [6.45, 7) is 0. The Morgan fingerprint density at radius 2 is 1.89 bits per heavy atom. The van der Waals surface area contributed by atoms with E-state index < -0.39 is 11.9 Å². The Labute approximate surface area is 115 Å². The van der Waals surface area contributed by atoms with Crippen molar-refractivity contribution in [3.63, 3.8) is 0 Å². The van der Waals surface area contributed by atoms with Gasteiger partial charge in [-0.1, -0.05) is 0 Å². The minimum absolute atomic E-state index is 0.121. The number of rotatable bonds is 3. The highest BCUT2D eigenvalue weighted by Gasteiger charge is 2.16. The van der Waals surface area contributed by atoms with Crippen molar-refractivity contribution in [2.24, 2.45) is 0 Å². The summed E-state index contributed by atoms with van der Waals surface area (Å²) in [5.41, 5.74) is -0.182. The first-order chi connectivity index (χ1) is 9.08. The van der Waals surface area contributed by atoms with Gasteiger partial charge < -0.3 is 10.4 Å². The van der Waals surface area contributed by atoms with E-state index in [4.69, 9.17) is 5.11 Å². The summed E-state index contributed by atoms with van der Waals surface area (Å²) in [6, 6.07) is 3.15. The normalized spacial score (nSPS) is 9.95. The van der Waals surface area contributed by atoms with Gasteiger partial charge in [-0.15, -0.1) is 0 Å². The molecule has 0 saturated carbocycles. The van der Waals surface area contributed by atoms with E-state index in [9.17, 15) is 9.59 Å². The third-order valence-corrected chi connectivity index (χ3v) is 2.56. The summed E-state index contributed by atoms with van der Waals surface area (Å²) in [5, 5.41) is 11.3. The quantitative estimate of drug-likeness (QED) is 0.888. The number of hydrogen-bond acceptors (Lipinski definition) is 5. The van der Waals surface area contributed by atoms with E-state index in [0.717, 1.165) is 4.47 Å². The van der Waals surface area contributed by atoms with Crippen molar-refractivity contribution in [3.8, 4) is 0 Å². The van der Waals surface area contributed by atoms with Crippen LogP contribution in [0.3, 0.4) is 0 Å². The van der Waals surface area contributed by atoms with Crippen LogP contribution < -0.4 is 5.32 Å². The summed E-state index contributed by atoms with van der Waals surface area (Å²) in [7, 11) is 0. The zero-order valence-electron chi connectivity index (χ0n) is 9.37.